The van der Waals surface area contributed by atoms with Crippen molar-refractivity contribution in [2.75, 3.05) is 13.1 Å². The Morgan fingerprint density at radius 3 is 2.70 bits per heavy atom. The second-order valence-corrected chi connectivity index (χ2v) is 6.40. The number of hydrogen-bond donors (Lipinski definition) is 1. The lowest BCUT2D eigenvalue weighted by Crippen LogP contribution is -2.35. The van der Waals surface area contributed by atoms with Crippen molar-refractivity contribution < 1.29 is 5.11 Å². The average Bonchev–Trinajstić information content (AvgIpc) is 2.62. The summed E-state index contributed by atoms with van der Waals surface area (Å²) in [4.78, 5) is 6.96. The summed E-state index contributed by atoms with van der Waals surface area (Å²) in [7, 11) is 0. The summed E-state index contributed by atoms with van der Waals surface area (Å²) in [6, 6.07) is 4.77. The molecule has 1 fully saturated rings. The highest BCUT2D eigenvalue weighted by Crippen LogP contribution is 2.26. The van der Waals surface area contributed by atoms with Crippen molar-refractivity contribution in [3.8, 4) is 0 Å². The molecule has 1 N–H and O–H groups in total. The SMILES string of the molecule is CCc1ccc(CC2(O)CCCN(C(C)C)CC2)nc1. The third kappa shape index (κ3) is 4.03. The van der Waals surface area contributed by atoms with Gasteiger partial charge in [0.2, 0.25) is 0 Å². The van der Waals surface area contributed by atoms with Crippen LogP contribution in [0.5, 0.6) is 0 Å². The molecule has 0 radical (unpaired) electrons. The summed E-state index contributed by atoms with van der Waals surface area (Å²) in [5.74, 6) is 0. The number of aliphatic hydroxyl groups is 1. The Hall–Kier alpha value is -0.930. The molecule has 0 amide bonds. The van der Waals surface area contributed by atoms with Gasteiger partial charge in [0.1, 0.15) is 0 Å². The lowest BCUT2D eigenvalue weighted by Gasteiger charge is -2.28. The zero-order valence-electron chi connectivity index (χ0n) is 13.1. The molecule has 20 heavy (non-hydrogen) atoms. The molecule has 112 valence electrons. The van der Waals surface area contributed by atoms with Crippen LogP contribution in [0.2, 0.25) is 0 Å². The average molecular weight is 276 g/mol. The van der Waals surface area contributed by atoms with Crippen LogP contribution in [-0.2, 0) is 12.8 Å². The van der Waals surface area contributed by atoms with Crippen molar-refractivity contribution in [1.82, 2.24) is 9.88 Å². The molecule has 0 aromatic carbocycles. The van der Waals surface area contributed by atoms with E-state index in [0.29, 0.717) is 12.5 Å². The van der Waals surface area contributed by atoms with Gasteiger partial charge in [-0.3, -0.25) is 4.98 Å². The van der Waals surface area contributed by atoms with Crippen molar-refractivity contribution >= 4 is 0 Å². The molecule has 1 aliphatic heterocycles. The monoisotopic (exact) mass is 276 g/mol. The smallest absolute Gasteiger partial charge is 0.0715 e. The first-order valence-corrected chi connectivity index (χ1v) is 7.92. The van der Waals surface area contributed by atoms with Gasteiger partial charge in [0, 0.05) is 30.9 Å². The Kier molecular flexibility index (Phi) is 5.17. The highest BCUT2D eigenvalue weighted by molar-refractivity contribution is 5.15. The van der Waals surface area contributed by atoms with Crippen molar-refractivity contribution in [3.63, 3.8) is 0 Å². The predicted octanol–water partition coefficient (Wildman–Crippen LogP) is 2.81. The zero-order chi connectivity index (χ0) is 14.6. The Balaban J connectivity index is 1.99. The molecule has 1 aromatic heterocycles. The number of rotatable bonds is 4. The van der Waals surface area contributed by atoms with Gasteiger partial charge in [-0.25, -0.2) is 0 Å². The van der Waals surface area contributed by atoms with Crippen molar-refractivity contribution in [1.29, 1.82) is 0 Å². The van der Waals surface area contributed by atoms with E-state index in [0.717, 1.165) is 44.5 Å². The maximum Gasteiger partial charge on any atom is 0.0715 e. The second kappa shape index (κ2) is 6.68. The zero-order valence-corrected chi connectivity index (χ0v) is 13.1. The lowest BCUT2D eigenvalue weighted by molar-refractivity contribution is 0.0240. The van der Waals surface area contributed by atoms with E-state index >= 15 is 0 Å². The fourth-order valence-corrected chi connectivity index (χ4v) is 3.00. The third-order valence-electron chi connectivity index (χ3n) is 4.49. The number of hydrogen-bond acceptors (Lipinski definition) is 3. The molecule has 3 nitrogen and oxygen atoms in total. The minimum Gasteiger partial charge on any atom is -0.389 e. The molecule has 1 aliphatic rings. The lowest BCUT2D eigenvalue weighted by atomic mass is 9.89. The molecule has 0 bridgehead atoms. The molecular formula is C17H28N2O. The molecule has 0 aliphatic carbocycles. The molecule has 1 saturated heterocycles. The molecule has 1 atom stereocenters. The van der Waals surface area contributed by atoms with Gasteiger partial charge in [0.05, 0.1) is 5.60 Å². The maximum absolute atomic E-state index is 10.9. The Morgan fingerprint density at radius 1 is 1.30 bits per heavy atom. The molecule has 0 saturated carbocycles. The van der Waals surface area contributed by atoms with Crippen LogP contribution < -0.4 is 0 Å². The van der Waals surface area contributed by atoms with Gasteiger partial charge in [-0.05, 0) is 57.7 Å². The van der Waals surface area contributed by atoms with Gasteiger partial charge in [0.25, 0.3) is 0 Å². The van der Waals surface area contributed by atoms with Crippen LogP contribution in [0.3, 0.4) is 0 Å². The number of likely N-dealkylation sites (tertiary alicyclic amines) is 1. The van der Waals surface area contributed by atoms with E-state index in [2.05, 4.69) is 42.8 Å². The van der Waals surface area contributed by atoms with E-state index < -0.39 is 5.60 Å². The predicted molar refractivity (Wildman–Crippen MR) is 82.8 cm³/mol. The first-order valence-electron chi connectivity index (χ1n) is 7.92. The van der Waals surface area contributed by atoms with E-state index in [-0.39, 0.29) is 0 Å². The molecule has 0 spiro atoms. The Morgan fingerprint density at radius 2 is 2.10 bits per heavy atom. The van der Waals surface area contributed by atoms with Crippen molar-refractivity contribution in [3.05, 3.63) is 29.6 Å². The van der Waals surface area contributed by atoms with Gasteiger partial charge in [-0.2, -0.15) is 0 Å². The third-order valence-corrected chi connectivity index (χ3v) is 4.49. The standard InChI is InChI=1S/C17H28N2O/c1-4-15-6-7-16(18-13-15)12-17(20)8-5-10-19(11-9-17)14(2)3/h6-7,13-14,20H,4-5,8-12H2,1-3H3. The molecular weight excluding hydrogens is 248 g/mol. The van der Waals surface area contributed by atoms with E-state index in [9.17, 15) is 5.11 Å². The van der Waals surface area contributed by atoms with E-state index in [4.69, 9.17) is 0 Å². The van der Waals surface area contributed by atoms with Crippen LogP contribution in [0, 0.1) is 0 Å². The minimum absolute atomic E-state index is 0.569. The summed E-state index contributed by atoms with van der Waals surface area (Å²) in [6.45, 7) is 8.68. The normalized spacial score (nSPS) is 24.9. The number of pyridine rings is 1. The molecule has 3 heteroatoms. The van der Waals surface area contributed by atoms with Crippen LogP contribution in [0.15, 0.2) is 18.3 Å². The van der Waals surface area contributed by atoms with Gasteiger partial charge in [0.15, 0.2) is 0 Å². The molecule has 1 unspecified atom stereocenters. The summed E-state index contributed by atoms with van der Waals surface area (Å²) in [5, 5.41) is 10.9. The highest BCUT2D eigenvalue weighted by Gasteiger charge is 2.31. The summed E-state index contributed by atoms with van der Waals surface area (Å²) < 4.78 is 0. The topological polar surface area (TPSA) is 36.4 Å². The van der Waals surface area contributed by atoms with Gasteiger partial charge >= 0.3 is 0 Å². The van der Waals surface area contributed by atoms with Crippen LogP contribution in [0.25, 0.3) is 0 Å². The van der Waals surface area contributed by atoms with Gasteiger partial charge < -0.3 is 10.0 Å². The number of aryl methyl sites for hydroxylation is 1. The largest absolute Gasteiger partial charge is 0.389 e. The van der Waals surface area contributed by atoms with Crippen molar-refractivity contribution in [2.45, 2.75) is 64.5 Å². The summed E-state index contributed by atoms with van der Waals surface area (Å²) >= 11 is 0. The van der Waals surface area contributed by atoms with Crippen LogP contribution >= 0.6 is 0 Å². The Labute approximate surface area is 123 Å². The highest BCUT2D eigenvalue weighted by atomic mass is 16.3. The van der Waals surface area contributed by atoms with Crippen LogP contribution in [0.1, 0.15) is 51.3 Å². The number of nitrogens with zero attached hydrogens (tertiary/aromatic N) is 2. The summed E-state index contributed by atoms with van der Waals surface area (Å²) in [5.41, 5.74) is 1.69. The summed E-state index contributed by atoms with van der Waals surface area (Å²) in [6.07, 6.45) is 6.44. The maximum atomic E-state index is 10.9. The first-order chi connectivity index (χ1) is 9.52. The van der Waals surface area contributed by atoms with Crippen LogP contribution in [-0.4, -0.2) is 39.7 Å². The molecule has 1 aromatic rings. The van der Waals surface area contributed by atoms with E-state index in [1.165, 1.54) is 5.56 Å². The van der Waals surface area contributed by atoms with Gasteiger partial charge in [-0.1, -0.05) is 13.0 Å². The molecule has 2 heterocycles. The molecule has 2 rings (SSSR count). The van der Waals surface area contributed by atoms with E-state index in [1.807, 2.05) is 6.20 Å². The quantitative estimate of drug-likeness (QED) is 0.918. The van der Waals surface area contributed by atoms with Crippen LogP contribution in [0.4, 0.5) is 0 Å². The van der Waals surface area contributed by atoms with E-state index in [1.54, 1.807) is 0 Å². The number of aromatic nitrogens is 1. The van der Waals surface area contributed by atoms with Crippen molar-refractivity contribution in [2.24, 2.45) is 0 Å². The Bertz CT molecular complexity index is 416. The fraction of sp³-hybridized carbons (Fsp3) is 0.706. The fourth-order valence-electron chi connectivity index (χ4n) is 3.00. The minimum atomic E-state index is -0.579. The van der Waals surface area contributed by atoms with Gasteiger partial charge in [-0.15, -0.1) is 0 Å². The second-order valence-electron chi connectivity index (χ2n) is 6.40. The first kappa shape index (κ1) is 15.5.